The Morgan fingerprint density at radius 1 is 1.02 bits per heavy atom. The zero-order valence-corrected chi connectivity index (χ0v) is 28.2. The first-order valence-electron chi connectivity index (χ1n) is 16.7. The zero-order chi connectivity index (χ0) is 32.6. The average molecular weight is 612 g/mol. The van der Waals surface area contributed by atoms with Gasteiger partial charge in [-0.1, -0.05) is 47.6 Å². The van der Waals surface area contributed by atoms with E-state index in [-0.39, 0.29) is 70.3 Å². The van der Waals surface area contributed by atoms with Gasteiger partial charge in [-0.05, 0) is 92.2 Å². The standard InChI is InChI=1S/C36H53NO7/c1-20(18-43-29(40)17-37(8)9)21(2)31(41)32(42)23(4)30-27(44-24(5)38)16-34(7)28-11-10-25-22(3)26(39)12-13-35(25)19-36(28,35)15-14-33(30,34)6/h12-13,20-23,25,27-28,30H,10-11,14-19H2,1-9H3/t20-,21?,22-,23-,25?,27-,28?,30-,33+,34-,35+,36-/m0/s1. The lowest BCUT2D eigenvalue weighted by Gasteiger charge is -2.60. The summed E-state index contributed by atoms with van der Waals surface area (Å²) in [6.07, 6.45) is 9.40. The number of hydrogen-bond donors (Lipinski definition) is 0. The van der Waals surface area contributed by atoms with Crippen LogP contribution in [0.3, 0.4) is 0 Å². The highest BCUT2D eigenvalue weighted by Gasteiger charge is 2.81. The van der Waals surface area contributed by atoms with Gasteiger partial charge in [-0.3, -0.25) is 28.9 Å². The summed E-state index contributed by atoms with van der Waals surface area (Å²) in [5.74, 6) is -2.34. The second-order valence-corrected chi connectivity index (χ2v) is 16.1. The average Bonchev–Trinajstić information content (AvgIpc) is 3.56. The third-order valence-electron chi connectivity index (χ3n) is 13.8. The molecule has 5 aliphatic carbocycles. The topological polar surface area (TPSA) is 107 Å². The van der Waals surface area contributed by atoms with Crippen molar-refractivity contribution in [3.8, 4) is 0 Å². The third kappa shape index (κ3) is 4.75. The van der Waals surface area contributed by atoms with E-state index in [1.54, 1.807) is 25.9 Å². The first-order valence-corrected chi connectivity index (χ1v) is 16.7. The Morgan fingerprint density at radius 3 is 2.34 bits per heavy atom. The van der Waals surface area contributed by atoms with E-state index in [9.17, 15) is 24.0 Å². The number of ketones is 3. The Labute approximate surface area is 263 Å². The summed E-state index contributed by atoms with van der Waals surface area (Å²) < 4.78 is 11.4. The van der Waals surface area contributed by atoms with E-state index in [1.807, 2.05) is 19.9 Å². The number of carbonyl (C=O) groups excluding carboxylic acids is 5. The molecule has 2 spiro atoms. The molecule has 0 aromatic rings. The van der Waals surface area contributed by atoms with Gasteiger partial charge in [-0.25, -0.2) is 0 Å². The molecule has 0 aliphatic heterocycles. The molecular weight excluding hydrogens is 558 g/mol. The Kier molecular flexibility index (Phi) is 8.38. The van der Waals surface area contributed by atoms with Crippen LogP contribution in [0.1, 0.15) is 87.0 Å². The van der Waals surface area contributed by atoms with Crippen LogP contribution in [-0.4, -0.2) is 67.5 Å². The van der Waals surface area contributed by atoms with Crippen molar-refractivity contribution in [2.24, 2.45) is 63.1 Å². The van der Waals surface area contributed by atoms with Gasteiger partial charge in [0.05, 0.1) is 13.2 Å². The van der Waals surface area contributed by atoms with Crippen molar-refractivity contribution in [1.29, 1.82) is 0 Å². The first-order chi connectivity index (χ1) is 20.5. The minimum Gasteiger partial charge on any atom is -0.464 e. The molecule has 8 heteroatoms. The van der Waals surface area contributed by atoms with Gasteiger partial charge in [0.15, 0.2) is 5.78 Å². The highest BCUT2D eigenvalue weighted by atomic mass is 16.5. The number of allylic oxidation sites excluding steroid dienone is 2. The van der Waals surface area contributed by atoms with E-state index in [2.05, 4.69) is 26.8 Å². The van der Waals surface area contributed by atoms with Gasteiger partial charge in [0, 0.05) is 36.5 Å². The normalized spacial score (nSPS) is 42.2. The van der Waals surface area contributed by atoms with Gasteiger partial charge in [-0.2, -0.15) is 0 Å². The van der Waals surface area contributed by atoms with Crippen molar-refractivity contribution in [2.45, 2.75) is 93.1 Å². The summed E-state index contributed by atoms with van der Waals surface area (Å²) in [6.45, 7) is 13.8. The highest BCUT2D eigenvalue weighted by molar-refractivity contribution is 6.38. The molecule has 0 aromatic carbocycles. The van der Waals surface area contributed by atoms with Gasteiger partial charge in [0.2, 0.25) is 11.6 Å². The van der Waals surface area contributed by atoms with Crippen LogP contribution < -0.4 is 0 Å². The van der Waals surface area contributed by atoms with Crippen LogP contribution in [0, 0.1) is 63.1 Å². The van der Waals surface area contributed by atoms with Crippen molar-refractivity contribution in [3.63, 3.8) is 0 Å². The summed E-state index contributed by atoms with van der Waals surface area (Å²) in [6, 6.07) is 0. The smallest absolute Gasteiger partial charge is 0.320 e. The molecule has 0 heterocycles. The number of nitrogens with zero attached hydrogens (tertiary/aromatic N) is 1. The summed E-state index contributed by atoms with van der Waals surface area (Å²) in [5, 5.41) is 0. The van der Waals surface area contributed by atoms with E-state index in [1.165, 1.54) is 6.92 Å². The Bertz CT molecular complexity index is 1270. The molecule has 3 unspecified atom stereocenters. The number of likely N-dealkylation sites (N-methyl/N-ethyl adjacent to an activating group) is 1. The molecule has 12 atom stereocenters. The monoisotopic (exact) mass is 611 g/mol. The highest BCUT2D eigenvalue weighted by Crippen LogP contribution is 2.87. The van der Waals surface area contributed by atoms with Crippen LogP contribution in [0.2, 0.25) is 0 Å². The van der Waals surface area contributed by atoms with Crippen LogP contribution in [-0.2, 0) is 33.4 Å². The van der Waals surface area contributed by atoms with Crippen LogP contribution in [0.25, 0.3) is 0 Å². The second-order valence-electron chi connectivity index (χ2n) is 16.1. The fourth-order valence-corrected chi connectivity index (χ4v) is 11.1. The summed E-state index contributed by atoms with van der Waals surface area (Å²) in [4.78, 5) is 66.4. The number of fused-ring (bicyclic) bond motifs is 2. The Hall–Kier alpha value is -2.35. The molecule has 0 N–H and O–H groups in total. The molecule has 5 aliphatic rings. The zero-order valence-electron chi connectivity index (χ0n) is 28.2. The lowest BCUT2D eigenvalue weighted by Crippen LogP contribution is -2.55. The maximum absolute atomic E-state index is 14.0. The number of Topliss-reactive ketones (excluding diaryl/α,β-unsaturated/α-hetero) is 2. The van der Waals surface area contributed by atoms with E-state index in [0.29, 0.717) is 18.3 Å². The quantitative estimate of drug-likeness (QED) is 0.249. The van der Waals surface area contributed by atoms with Crippen molar-refractivity contribution < 1.29 is 33.4 Å². The van der Waals surface area contributed by atoms with E-state index >= 15 is 0 Å². The summed E-state index contributed by atoms with van der Waals surface area (Å²) in [7, 11) is 3.56. The maximum atomic E-state index is 14.0. The molecule has 0 saturated heterocycles. The van der Waals surface area contributed by atoms with Crippen LogP contribution in [0.15, 0.2) is 12.2 Å². The fourth-order valence-electron chi connectivity index (χ4n) is 11.1. The molecule has 44 heavy (non-hydrogen) atoms. The molecule has 4 fully saturated rings. The van der Waals surface area contributed by atoms with Gasteiger partial charge in [0.25, 0.3) is 0 Å². The molecule has 0 bridgehead atoms. The van der Waals surface area contributed by atoms with E-state index < -0.39 is 29.5 Å². The van der Waals surface area contributed by atoms with Crippen molar-refractivity contribution in [1.82, 2.24) is 4.90 Å². The number of esters is 2. The lowest BCUT2D eigenvalue weighted by atomic mass is 9.43. The minimum absolute atomic E-state index is 0.0519. The van der Waals surface area contributed by atoms with Gasteiger partial charge >= 0.3 is 11.9 Å². The molecule has 0 radical (unpaired) electrons. The van der Waals surface area contributed by atoms with Gasteiger partial charge < -0.3 is 9.47 Å². The number of hydrogen-bond acceptors (Lipinski definition) is 8. The predicted octanol–water partition coefficient (Wildman–Crippen LogP) is 5.07. The largest absolute Gasteiger partial charge is 0.464 e. The number of rotatable bonds is 10. The van der Waals surface area contributed by atoms with E-state index in [4.69, 9.17) is 9.47 Å². The van der Waals surface area contributed by atoms with Gasteiger partial charge in [0.1, 0.15) is 6.10 Å². The Morgan fingerprint density at radius 2 is 1.70 bits per heavy atom. The fraction of sp³-hybridized carbons (Fsp3) is 0.806. The van der Waals surface area contributed by atoms with Gasteiger partial charge in [-0.15, -0.1) is 0 Å². The third-order valence-corrected chi connectivity index (χ3v) is 13.8. The van der Waals surface area contributed by atoms with Crippen LogP contribution in [0.5, 0.6) is 0 Å². The SMILES string of the molecule is CC(=O)O[C@H]1C[C@@]2(C)C3CCC4[C@H](C)C(=O)C=C[C@@]45C[C@@]35CC[C@]2(C)[C@H]1[C@H](C)C(=O)C(=O)C(C)[C@@H](C)COC(=O)CN(C)C. The maximum Gasteiger partial charge on any atom is 0.320 e. The number of ether oxygens (including phenoxy) is 2. The van der Waals surface area contributed by atoms with Crippen molar-refractivity contribution in [2.75, 3.05) is 27.2 Å². The Balaban J connectivity index is 1.38. The van der Waals surface area contributed by atoms with Crippen molar-refractivity contribution >= 4 is 29.3 Å². The minimum atomic E-state index is -0.615. The number of carbonyl (C=O) groups is 5. The second kappa shape index (κ2) is 11.2. The molecule has 0 aromatic heterocycles. The molecule has 244 valence electrons. The molecule has 4 saturated carbocycles. The lowest BCUT2D eigenvalue weighted by molar-refractivity contribution is -0.156. The summed E-state index contributed by atoms with van der Waals surface area (Å²) in [5.41, 5.74) is -0.268. The van der Waals surface area contributed by atoms with Crippen LogP contribution >= 0.6 is 0 Å². The van der Waals surface area contributed by atoms with Crippen molar-refractivity contribution in [3.05, 3.63) is 12.2 Å². The molecule has 8 nitrogen and oxygen atoms in total. The van der Waals surface area contributed by atoms with Crippen LogP contribution in [0.4, 0.5) is 0 Å². The first kappa shape index (κ1) is 33.0. The predicted molar refractivity (Wildman–Crippen MR) is 165 cm³/mol. The molecular formula is C36H53NO7. The van der Waals surface area contributed by atoms with E-state index in [0.717, 1.165) is 32.1 Å². The molecule has 0 amide bonds. The summed E-state index contributed by atoms with van der Waals surface area (Å²) >= 11 is 0. The molecule has 5 rings (SSSR count).